The number of carbonyl (C=O) groups is 1. The first-order valence-corrected chi connectivity index (χ1v) is 3.36. The maximum Gasteiger partial charge on any atom is 0.245 e. The Morgan fingerprint density at radius 2 is 2.55 bits per heavy atom. The van der Waals surface area contributed by atoms with Crippen LogP contribution in [0.15, 0.2) is 12.7 Å². The third-order valence-corrected chi connectivity index (χ3v) is 0.990. The highest BCUT2D eigenvalue weighted by Crippen LogP contribution is 1.84. The third kappa shape index (κ3) is 5.57. The van der Waals surface area contributed by atoms with Gasteiger partial charge >= 0.3 is 0 Å². The van der Waals surface area contributed by atoms with Gasteiger partial charge in [-0.3, -0.25) is 4.79 Å². The predicted molar refractivity (Wildman–Crippen MR) is 40.8 cm³/mol. The highest BCUT2D eigenvalue weighted by atomic mass is 16.5. The number of carbonyl (C=O) groups excluding carboxylic acids is 1. The van der Waals surface area contributed by atoms with Crippen molar-refractivity contribution in [3.8, 4) is 0 Å². The minimum Gasteiger partial charge on any atom is -0.394 e. The van der Waals surface area contributed by atoms with Gasteiger partial charge in [0.25, 0.3) is 0 Å². The highest BCUT2D eigenvalue weighted by Gasteiger charge is 2.01. The van der Waals surface area contributed by atoms with Gasteiger partial charge in [0.05, 0.1) is 13.2 Å². The van der Waals surface area contributed by atoms with E-state index in [9.17, 15) is 4.79 Å². The molecule has 11 heavy (non-hydrogen) atoms. The molecule has 1 amide bonds. The van der Waals surface area contributed by atoms with Crippen molar-refractivity contribution in [3.63, 3.8) is 0 Å². The molecule has 0 aliphatic carbocycles. The van der Waals surface area contributed by atoms with Crippen LogP contribution in [0.2, 0.25) is 0 Å². The fraction of sp³-hybridized carbons (Fsp3) is 0.571. The third-order valence-electron chi connectivity index (χ3n) is 0.990. The van der Waals surface area contributed by atoms with Crippen LogP contribution in [0.3, 0.4) is 0 Å². The topological polar surface area (TPSA) is 58.6 Å². The van der Waals surface area contributed by atoms with E-state index in [4.69, 9.17) is 9.84 Å². The molecule has 0 spiro atoms. The summed E-state index contributed by atoms with van der Waals surface area (Å²) in [6.07, 6.45) is 0.784. The van der Waals surface area contributed by atoms with Crippen molar-refractivity contribution in [2.24, 2.45) is 0 Å². The van der Waals surface area contributed by atoms with E-state index in [-0.39, 0.29) is 25.3 Å². The molecular formula is C7H13NO3. The molecule has 0 saturated heterocycles. The van der Waals surface area contributed by atoms with Gasteiger partial charge in [-0.05, 0) is 13.0 Å². The summed E-state index contributed by atoms with van der Waals surface area (Å²) < 4.78 is 4.93. The molecule has 64 valence electrons. The van der Waals surface area contributed by atoms with Gasteiger partial charge in [0.15, 0.2) is 0 Å². The molecule has 2 N–H and O–H groups in total. The molecule has 0 bridgehead atoms. The molecule has 4 nitrogen and oxygen atoms in total. The van der Waals surface area contributed by atoms with Crippen molar-refractivity contribution in [1.29, 1.82) is 0 Å². The van der Waals surface area contributed by atoms with Gasteiger partial charge < -0.3 is 15.2 Å². The van der Waals surface area contributed by atoms with Gasteiger partial charge in [0.1, 0.15) is 6.23 Å². The Balaban J connectivity index is 3.43. The Morgan fingerprint density at radius 3 is 3.00 bits per heavy atom. The molecule has 0 aromatic carbocycles. The number of nitrogens with one attached hydrogen (secondary N) is 1. The minimum atomic E-state index is -0.382. The summed E-state index contributed by atoms with van der Waals surface area (Å²) in [7, 11) is 0. The lowest BCUT2D eigenvalue weighted by atomic mass is 10.5. The van der Waals surface area contributed by atoms with Crippen LogP contribution in [0.4, 0.5) is 0 Å². The first-order chi connectivity index (χ1) is 5.20. The van der Waals surface area contributed by atoms with E-state index in [0.29, 0.717) is 0 Å². The summed E-state index contributed by atoms with van der Waals surface area (Å²) in [6, 6.07) is 0. The summed E-state index contributed by atoms with van der Waals surface area (Å²) in [5.41, 5.74) is 0. The van der Waals surface area contributed by atoms with Crippen LogP contribution in [0.1, 0.15) is 6.92 Å². The number of rotatable bonds is 5. The Hall–Kier alpha value is -0.870. The molecule has 4 heteroatoms. The van der Waals surface area contributed by atoms with Crippen LogP contribution in [-0.4, -0.2) is 30.5 Å². The minimum absolute atomic E-state index is 0.0473. The SMILES string of the molecule is C=CC(=O)NC(C)OCCO. The van der Waals surface area contributed by atoms with Crippen LogP contribution in [-0.2, 0) is 9.53 Å². The van der Waals surface area contributed by atoms with Crippen molar-refractivity contribution in [2.45, 2.75) is 13.2 Å². The number of ether oxygens (including phenoxy) is 1. The lowest BCUT2D eigenvalue weighted by Gasteiger charge is -2.11. The van der Waals surface area contributed by atoms with Crippen LogP contribution in [0, 0.1) is 0 Å². The van der Waals surface area contributed by atoms with Crippen LogP contribution < -0.4 is 5.32 Å². The highest BCUT2D eigenvalue weighted by molar-refractivity contribution is 5.86. The average molecular weight is 159 g/mol. The number of amides is 1. The maximum absolute atomic E-state index is 10.6. The van der Waals surface area contributed by atoms with Gasteiger partial charge in [0, 0.05) is 0 Å². The molecule has 0 rings (SSSR count). The fourth-order valence-electron chi connectivity index (χ4n) is 0.530. The fourth-order valence-corrected chi connectivity index (χ4v) is 0.530. The number of aliphatic hydroxyl groups is 1. The van der Waals surface area contributed by atoms with Gasteiger partial charge in [0.2, 0.25) is 5.91 Å². The van der Waals surface area contributed by atoms with Crippen molar-refractivity contribution >= 4 is 5.91 Å². The van der Waals surface area contributed by atoms with E-state index in [1.807, 2.05) is 0 Å². The van der Waals surface area contributed by atoms with Crippen LogP contribution in [0.5, 0.6) is 0 Å². The molecule has 0 aliphatic heterocycles. The number of hydrogen-bond acceptors (Lipinski definition) is 3. The molecule has 0 aliphatic rings. The zero-order valence-electron chi connectivity index (χ0n) is 6.54. The molecule has 0 heterocycles. The van der Waals surface area contributed by atoms with Gasteiger partial charge in [-0.1, -0.05) is 6.58 Å². The van der Waals surface area contributed by atoms with E-state index in [0.717, 1.165) is 0 Å². The number of hydrogen-bond donors (Lipinski definition) is 2. The largest absolute Gasteiger partial charge is 0.394 e. The first-order valence-electron chi connectivity index (χ1n) is 3.36. The lowest BCUT2D eigenvalue weighted by Crippen LogP contribution is -2.33. The Bertz CT molecular complexity index is 136. The normalized spacial score (nSPS) is 12.2. The smallest absolute Gasteiger partial charge is 0.245 e. The van der Waals surface area contributed by atoms with Crippen LogP contribution in [0.25, 0.3) is 0 Å². The molecule has 0 saturated carbocycles. The monoisotopic (exact) mass is 159 g/mol. The summed E-state index contributed by atoms with van der Waals surface area (Å²) in [5.74, 6) is -0.282. The standard InChI is InChI=1S/C7H13NO3/c1-3-7(10)8-6(2)11-5-4-9/h3,6,9H,1,4-5H2,2H3,(H,8,10). The van der Waals surface area contributed by atoms with E-state index in [2.05, 4.69) is 11.9 Å². The van der Waals surface area contributed by atoms with Crippen molar-refractivity contribution in [1.82, 2.24) is 5.32 Å². The van der Waals surface area contributed by atoms with Crippen molar-refractivity contribution in [3.05, 3.63) is 12.7 Å². The average Bonchev–Trinajstić information content (AvgIpc) is 2.00. The molecule has 0 fully saturated rings. The molecule has 1 unspecified atom stereocenters. The maximum atomic E-state index is 10.6. The van der Waals surface area contributed by atoms with E-state index in [1.54, 1.807) is 6.92 Å². The second-order valence-electron chi connectivity index (χ2n) is 1.95. The van der Waals surface area contributed by atoms with Crippen molar-refractivity contribution < 1.29 is 14.6 Å². The van der Waals surface area contributed by atoms with Crippen LogP contribution >= 0.6 is 0 Å². The second kappa shape index (κ2) is 5.88. The molecule has 0 radical (unpaired) electrons. The van der Waals surface area contributed by atoms with E-state index < -0.39 is 0 Å². The van der Waals surface area contributed by atoms with Crippen molar-refractivity contribution in [2.75, 3.05) is 13.2 Å². The zero-order chi connectivity index (χ0) is 8.69. The Kier molecular flexibility index (Phi) is 5.42. The Morgan fingerprint density at radius 1 is 1.91 bits per heavy atom. The molecule has 1 atom stereocenters. The molecule has 0 aromatic rings. The first kappa shape index (κ1) is 10.1. The summed E-state index contributed by atoms with van der Waals surface area (Å²) in [4.78, 5) is 10.6. The summed E-state index contributed by atoms with van der Waals surface area (Å²) in [5, 5.41) is 10.8. The molecule has 0 aromatic heterocycles. The van der Waals surface area contributed by atoms with E-state index in [1.165, 1.54) is 6.08 Å². The molecular weight excluding hydrogens is 146 g/mol. The van der Waals surface area contributed by atoms with Gasteiger partial charge in [-0.15, -0.1) is 0 Å². The summed E-state index contributed by atoms with van der Waals surface area (Å²) >= 11 is 0. The Labute approximate surface area is 65.9 Å². The zero-order valence-corrected chi connectivity index (χ0v) is 6.54. The van der Waals surface area contributed by atoms with E-state index >= 15 is 0 Å². The predicted octanol–water partition coefficient (Wildman–Crippen LogP) is -0.357. The summed E-state index contributed by atoms with van der Waals surface area (Å²) in [6.45, 7) is 5.13. The lowest BCUT2D eigenvalue weighted by molar-refractivity contribution is -0.120. The number of aliphatic hydroxyl groups excluding tert-OH is 1. The van der Waals surface area contributed by atoms with Gasteiger partial charge in [-0.2, -0.15) is 0 Å². The van der Waals surface area contributed by atoms with Gasteiger partial charge in [-0.25, -0.2) is 0 Å². The quantitative estimate of drug-likeness (QED) is 0.425. The second-order valence-corrected chi connectivity index (χ2v) is 1.95.